The first kappa shape index (κ1) is 32.8. The molecule has 0 amide bonds. The summed E-state index contributed by atoms with van der Waals surface area (Å²) in [5.74, 6) is 0.678. The zero-order valence-electron chi connectivity index (χ0n) is 30.9. The van der Waals surface area contributed by atoms with Gasteiger partial charge in [-0.2, -0.15) is 0 Å². The van der Waals surface area contributed by atoms with Gasteiger partial charge in [0.25, 0.3) is 0 Å². The van der Waals surface area contributed by atoms with Gasteiger partial charge in [-0.1, -0.05) is 152 Å². The Balaban J connectivity index is 1.12. The highest BCUT2D eigenvalue weighted by molar-refractivity contribution is 6.06. The van der Waals surface area contributed by atoms with Crippen molar-refractivity contribution in [3.63, 3.8) is 0 Å². The predicted octanol–water partition coefficient (Wildman–Crippen LogP) is 14.7. The van der Waals surface area contributed by atoms with Crippen LogP contribution in [0.15, 0.2) is 211 Å². The highest BCUT2D eigenvalue weighted by atomic mass is 16.3. The summed E-state index contributed by atoms with van der Waals surface area (Å²) in [5, 5.41) is 7.06. The van der Waals surface area contributed by atoms with Crippen LogP contribution in [0.4, 0.5) is 0 Å². The van der Waals surface area contributed by atoms with Crippen LogP contribution in [-0.4, -0.2) is 9.97 Å². The summed E-state index contributed by atoms with van der Waals surface area (Å²) >= 11 is 0. The minimum absolute atomic E-state index is 0.678. The van der Waals surface area contributed by atoms with E-state index in [1.54, 1.807) is 0 Å². The smallest absolute Gasteiger partial charge is 0.160 e. The number of benzene rings is 9. The van der Waals surface area contributed by atoms with E-state index in [1.165, 1.54) is 27.1 Å². The van der Waals surface area contributed by atoms with Gasteiger partial charge in [0.2, 0.25) is 0 Å². The normalized spacial score (nSPS) is 11.5. The van der Waals surface area contributed by atoms with E-state index in [-0.39, 0.29) is 0 Å². The lowest BCUT2D eigenvalue weighted by molar-refractivity contribution is 0.669. The Morgan fingerprint density at radius 1 is 0.281 bits per heavy atom. The average Bonchev–Trinajstić information content (AvgIpc) is 3.67. The van der Waals surface area contributed by atoms with Crippen LogP contribution >= 0.6 is 0 Å². The summed E-state index contributed by atoms with van der Waals surface area (Å²) in [5.41, 5.74) is 13.3. The minimum atomic E-state index is 0.678. The lowest BCUT2D eigenvalue weighted by atomic mass is 9.93. The number of para-hydroxylation sites is 1. The number of fused-ring (bicyclic) bond motifs is 5. The molecule has 2 aromatic heterocycles. The highest BCUT2D eigenvalue weighted by Crippen LogP contribution is 2.39. The van der Waals surface area contributed by atoms with Gasteiger partial charge in [-0.25, -0.2) is 9.97 Å². The van der Waals surface area contributed by atoms with E-state index in [9.17, 15) is 0 Å². The number of hydrogen-bond donors (Lipinski definition) is 0. The van der Waals surface area contributed by atoms with Crippen LogP contribution in [0.5, 0.6) is 0 Å². The van der Waals surface area contributed by atoms with Crippen molar-refractivity contribution in [3.8, 4) is 67.3 Å². The van der Waals surface area contributed by atoms with Gasteiger partial charge in [0.1, 0.15) is 11.2 Å². The van der Waals surface area contributed by atoms with Crippen LogP contribution in [0.1, 0.15) is 0 Å². The van der Waals surface area contributed by atoms with Gasteiger partial charge in [0.05, 0.1) is 11.4 Å². The third-order valence-corrected chi connectivity index (χ3v) is 11.0. The SMILES string of the molecule is c1ccc(-c2cc(-c3cc(-c4ccc5ccccc5c4)cc(-c4ccc5oc6ccccc6c5c4)c3)nc(-c3cccc(-c4cccc5ccccc45)c3)n2)cc1. The Morgan fingerprint density at radius 2 is 0.860 bits per heavy atom. The molecule has 3 nitrogen and oxygen atoms in total. The third-order valence-electron chi connectivity index (χ3n) is 11.0. The van der Waals surface area contributed by atoms with Crippen molar-refractivity contribution in [2.75, 3.05) is 0 Å². The van der Waals surface area contributed by atoms with Gasteiger partial charge in [0, 0.05) is 27.5 Å². The average molecular weight is 727 g/mol. The summed E-state index contributed by atoms with van der Waals surface area (Å²) in [6.45, 7) is 0. The summed E-state index contributed by atoms with van der Waals surface area (Å²) < 4.78 is 6.22. The van der Waals surface area contributed by atoms with Crippen LogP contribution in [0.2, 0.25) is 0 Å². The van der Waals surface area contributed by atoms with Crippen molar-refractivity contribution in [2.24, 2.45) is 0 Å². The first-order valence-corrected chi connectivity index (χ1v) is 19.3. The van der Waals surface area contributed by atoms with Crippen LogP contribution in [0.3, 0.4) is 0 Å². The maximum absolute atomic E-state index is 6.22. The molecule has 0 saturated carbocycles. The zero-order chi connectivity index (χ0) is 37.7. The number of furan rings is 1. The zero-order valence-corrected chi connectivity index (χ0v) is 30.9. The van der Waals surface area contributed by atoms with Crippen LogP contribution in [0.25, 0.3) is 111 Å². The molecule has 0 aliphatic carbocycles. The van der Waals surface area contributed by atoms with Gasteiger partial charge in [0.15, 0.2) is 5.82 Å². The van der Waals surface area contributed by atoms with E-state index in [4.69, 9.17) is 14.4 Å². The van der Waals surface area contributed by atoms with Gasteiger partial charge in [-0.15, -0.1) is 0 Å². The first-order valence-electron chi connectivity index (χ1n) is 19.3. The Bertz CT molecular complexity index is 3300. The van der Waals surface area contributed by atoms with Crippen molar-refractivity contribution in [1.82, 2.24) is 9.97 Å². The summed E-state index contributed by atoms with van der Waals surface area (Å²) in [6, 6.07) is 73.0. The second-order valence-electron chi connectivity index (χ2n) is 14.6. The molecule has 0 unspecified atom stereocenters. The molecule has 0 N–H and O–H groups in total. The van der Waals surface area contributed by atoms with Gasteiger partial charge >= 0.3 is 0 Å². The number of nitrogens with zero attached hydrogens (tertiary/aromatic N) is 2. The molecular formula is C54H34N2O. The Labute approximate surface area is 330 Å². The number of hydrogen-bond acceptors (Lipinski definition) is 3. The number of rotatable bonds is 6. The van der Waals surface area contributed by atoms with E-state index in [0.717, 1.165) is 77.8 Å². The molecule has 0 saturated heterocycles. The maximum Gasteiger partial charge on any atom is 0.160 e. The lowest BCUT2D eigenvalue weighted by Gasteiger charge is -2.14. The van der Waals surface area contributed by atoms with Crippen LogP contribution in [0, 0.1) is 0 Å². The summed E-state index contributed by atoms with van der Waals surface area (Å²) in [6.07, 6.45) is 0. The van der Waals surface area contributed by atoms with Gasteiger partial charge in [-0.05, 0) is 110 Å². The molecule has 11 rings (SSSR count). The molecule has 2 heterocycles. The van der Waals surface area contributed by atoms with Crippen molar-refractivity contribution < 1.29 is 4.42 Å². The molecule has 0 spiro atoms. The minimum Gasteiger partial charge on any atom is -0.456 e. The molecule has 0 bridgehead atoms. The monoisotopic (exact) mass is 726 g/mol. The second kappa shape index (κ2) is 13.6. The Hall–Kier alpha value is -7.62. The van der Waals surface area contributed by atoms with Crippen molar-refractivity contribution in [1.29, 1.82) is 0 Å². The topological polar surface area (TPSA) is 38.9 Å². The molecule has 9 aromatic carbocycles. The fourth-order valence-electron chi connectivity index (χ4n) is 8.17. The molecule has 3 heteroatoms. The fraction of sp³-hybridized carbons (Fsp3) is 0. The van der Waals surface area contributed by atoms with E-state index in [0.29, 0.717) is 5.82 Å². The van der Waals surface area contributed by atoms with Crippen LogP contribution < -0.4 is 0 Å². The fourth-order valence-corrected chi connectivity index (χ4v) is 8.17. The maximum atomic E-state index is 6.22. The van der Waals surface area contributed by atoms with E-state index >= 15 is 0 Å². The van der Waals surface area contributed by atoms with Gasteiger partial charge < -0.3 is 4.42 Å². The summed E-state index contributed by atoms with van der Waals surface area (Å²) in [7, 11) is 0. The summed E-state index contributed by atoms with van der Waals surface area (Å²) in [4.78, 5) is 10.6. The molecule has 57 heavy (non-hydrogen) atoms. The molecule has 0 atom stereocenters. The predicted molar refractivity (Wildman–Crippen MR) is 237 cm³/mol. The van der Waals surface area contributed by atoms with Crippen molar-refractivity contribution in [3.05, 3.63) is 206 Å². The molecule has 11 aromatic rings. The quantitative estimate of drug-likeness (QED) is 0.171. The lowest BCUT2D eigenvalue weighted by Crippen LogP contribution is -1.97. The van der Waals surface area contributed by atoms with Crippen molar-refractivity contribution in [2.45, 2.75) is 0 Å². The Morgan fingerprint density at radius 3 is 1.72 bits per heavy atom. The number of aromatic nitrogens is 2. The molecule has 266 valence electrons. The van der Waals surface area contributed by atoms with E-state index in [1.807, 2.05) is 18.2 Å². The largest absolute Gasteiger partial charge is 0.456 e. The molecule has 0 aliphatic rings. The second-order valence-corrected chi connectivity index (χ2v) is 14.6. The third kappa shape index (κ3) is 6.03. The first-order chi connectivity index (χ1) is 28.2. The standard InChI is InChI=1S/C54H34N2O/c1-2-14-37(15-3-1)50-34-51(56-54(55-50)42-19-10-18-41(29-42)47-22-11-17-36-13-6-7-20-46(36)47)45-31-43(39-25-24-35-12-4-5-16-38(35)28-39)30-44(32-45)40-26-27-53-49(33-40)48-21-8-9-23-52(48)57-53/h1-34H. The molecule has 0 aliphatic heterocycles. The molecule has 0 fully saturated rings. The Kier molecular flexibility index (Phi) is 7.82. The van der Waals surface area contributed by atoms with Crippen molar-refractivity contribution >= 4 is 43.5 Å². The van der Waals surface area contributed by atoms with E-state index in [2.05, 4.69) is 188 Å². The molecule has 0 radical (unpaired) electrons. The van der Waals surface area contributed by atoms with E-state index < -0.39 is 0 Å². The van der Waals surface area contributed by atoms with Crippen LogP contribution in [-0.2, 0) is 0 Å². The van der Waals surface area contributed by atoms with Gasteiger partial charge in [-0.3, -0.25) is 0 Å². The highest BCUT2D eigenvalue weighted by Gasteiger charge is 2.16. The molecular weight excluding hydrogens is 693 g/mol.